The van der Waals surface area contributed by atoms with E-state index >= 15 is 0 Å². The topological polar surface area (TPSA) is 32.3 Å². The number of carbonyl (C=O) groups excluding carboxylic acids is 1. The maximum Gasteiger partial charge on any atom is 0.229 e. The van der Waals surface area contributed by atoms with E-state index in [-0.39, 0.29) is 11.8 Å². The number of amides is 1. The first-order valence-corrected chi connectivity index (χ1v) is 7.37. The van der Waals surface area contributed by atoms with E-state index < -0.39 is 0 Å². The van der Waals surface area contributed by atoms with Gasteiger partial charge in [0.1, 0.15) is 0 Å². The van der Waals surface area contributed by atoms with Gasteiger partial charge in [0.25, 0.3) is 0 Å². The number of nitrogens with one attached hydrogen (secondary N) is 1. The van der Waals surface area contributed by atoms with Crippen LogP contribution in [0.1, 0.15) is 32.6 Å². The zero-order valence-electron chi connectivity index (χ0n) is 11.5. The Morgan fingerprint density at radius 2 is 2.05 bits per heavy atom. The van der Waals surface area contributed by atoms with Crippen LogP contribution in [0.15, 0.2) is 30.3 Å². The Morgan fingerprint density at radius 3 is 2.79 bits per heavy atom. The van der Waals surface area contributed by atoms with E-state index in [2.05, 4.69) is 17.1 Å². The molecule has 0 saturated carbocycles. The average molecular weight is 258 g/mol. The first-order valence-electron chi connectivity index (χ1n) is 7.37. The molecular weight excluding hydrogens is 236 g/mol. The fourth-order valence-corrected chi connectivity index (χ4v) is 3.62. The molecule has 3 atom stereocenters. The van der Waals surface area contributed by atoms with Gasteiger partial charge in [-0.3, -0.25) is 9.69 Å². The van der Waals surface area contributed by atoms with Crippen LogP contribution in [0.25, 0.3) is 0 Å². The van der Waals surface area contributed by atoms with Gasteiger partial charge in [-0.15, -0.1) is 0 Å². The van der Waals surface area contributed by atoms with E-state index in [1.54, 1.807) is 0 Å². The molecule has 2 aliphatic rings. The zero-order valence-corrected chi connectivity index (χ0v) is 11.5. The van der Waals surface area contributed by atoms with Gasteiger partial charge < -0.3 is 5.32 Å². The first-order chi connectivity index (χ1) is 9.25. The molecule has 2 heterocycles. The van der Waals surface area contributed by atoms with Crippen LogP contribution in [-0.4, -0.2) is 29.4 Å². The molecule has 1 aromatic carbocycles. The summed E-state index contributed by atoms with van der Waals surface area (Å²) in [6.07, 6.45) is 4.90. The van der Waals surface area contributed by atoms with Crippen LogP contribution in [0.4, 0.5) is 5.69 Å². The van der Waals surface area contributed by atoms with Crippen molar-refractivity contribution in [3.05, 3.63) is 30.3 Å². The maximum atomic E-state index is 12.4. The van der Waals surface area contributed by atoms with Crippen LogP contribution >= 0.6 is 0 Å². The van der Waals surface area contributed by atoms with Crippen LogP contribution in [0.2, 0.25) is 0 Å². The summed E-state index contributed by atoms with van der Waals surface area (Å²) < 4.78 is 0. The second-order valence-electron chi connectivity index (χ2n) is 5.83. The van der Waals surface area contributed by atoms with Crippen molar-refractivity contribution in [2.45, 2.75) is 44.7 Å². The maximum absolute atomic E-state index is 12.4. The fraction of sp³-hybridized carbons (Fsp3) is 0.562. The Hall–Kier alpha value is -1.35. The molecule has 1 aromatic rings. The van der Waals surface area contributed by atoms with E-state index in [0.29, 0.717) is 12.1 Å². The van der Waals surface area contributed by atoms with Crippen LogP contribution < -0.4 is 5.32 Å². The molecular formula is C16H22N2O. The predicted octanol–water partition coefficient (Wildman–Crippen LogP) is 2.89. The van der Waals surface area contributed by atoms with Gasteiger partial charge in [-0.25, -0.2) is 0 Å². The molecule has 0 spiro atoms. The molecule has 3 rings (SSSR count). The molecule has 2 saturated heterocycles. The Kier molecular flexibility index (Phi) is 3.56. The van der Waals surface area contributed by atoms with Gasteiger partial charge in [0.05, 0.1) is 5.92 Å². The van der Waals surface area contributed by atoms with E-state index in [4.69, 9.17) is 0 Å². The second-order valence-corrected chi connectivity index (χ2v) is 5.83. The number of piperidine rings is 1. The van der Waals surface area contributed by atoms with Crippen molar-refractivity contribution in [3.63, 3.8) is 0 Å². The average Bonchev–Trinajstić information content (AvgIpc) is 2.78. The lowest BCUT2D eigenvalue weighted by Crippen LogP contribution is -2.40. The minimum Gasteiger partial charge on any atom is -0.326 e. The number of rotatable bonds is 2. The number of fused-ring (bicyclic) bond motifs is 1. The lowest BCUT2D eigenvalue weighted by atomic mass is 9.97. The molecule has 2 aliphatic heterocycles. The van der Waals surface area contributed by atoms with Gasteiger partial charge in [0.15, 0.2) is 0 Å². The number of nitrogens with zero attached hydrogens (tertiary/aromatic N) is 1. The first kappa shape index (κ1) is 12.7. The van der Waals surface area contributed by atoms with Gasteiger partial charge in [0.2, 0.25) is 5.91 Å². The highest BCUT2D eigenvalue weighted by Gasteiger charge is 2.42. The Bertz CT molecular complexity index is 445. The smallest absolute Gasteiger partial charge is 0.229 e. The molecule has 19 heavy (non-hydrogen) atoms. The lowest BCUT2D eigenvalue weighted by molar-refractivity contribution is -0.120. The molecule has 0 aromatic heterocycles. The zero-order chi connectivity index (χ0) is 13.2. The minimum absolute atomic E-state index is 0.142. The molecule has 3 nitrogen and oxygen atoms in total. The summed E-state index contributed by atoms with van der Waals surface area (Å²) in [5, 5.41) is 3.06. The van der Waals surface area contributed by atoms with Crippen molar-refractivity contribution in [3.8, 4) is 0 Å². The van der Waals surface area contributed by atoms with Gasteiger partial charge in [0, 0.05) is 17.8 Å². The molecule has 0 aliphatic carbocycles. The van der Waals surface area contributed by atoms with Gasteiger partial charge in [-0.05, 0) is 44.9 Å². The summed E-state index contributed by atoms with van der Waals surface area (Å²) in [6.45, 7) is 3.38. The molecule has 3 unspecified atom stereocenters. The van der Waals surface area contributed by atoms with E-state index in [0.717, 1.165) is 12.1 Å². The number of hydrogen-bond acceptors (Lipinski definition) is 2. The van der Waals surface area contributed by atoms with Crippen molar-refractivity contribution in [2.24, 2.45) is 5.92 Å². The molecule has 0 bridgehead atoms. The summed E-state index contributed by atoms with van der Waals surface area (Å²) in [6, 6.07) is 10.8. The van der Waals surface area contributed by atoms with Crippen molar-refractivity contribution in [1.29, 1.82) is 0 Å². The van der Waals surface area contributed by atoms with Crippen LogP contribution in [0.3, 0.4) is 0 Å². The third-order valence-electron chi connectivity index (χ3n) is 4.68. The van der Waals surface area contributed by atoms with Crippen LogP contribution in [0, 0.1) is 5.92 Å². The number of hydrogen-bond donors (Lipinski definition) is 1. The molecule has 0 radical (unpaired) electrons. The van der Waals surface area contributed by atoms with Crippen molar-refractivity contribution < 1.29 is 4.79 Å². The quantitative estimate of drug-likeness (QED) is 0.884. The Morgan fingerprint density at radius 1 is 1.26 bits per heavy atom. The normalized spacial score (nSPS) is 30.9. The highest BCUT2D eigenvalue weighted by atomic mass is 16.2. The van der Waals surface area contributed by atoms with E-state index in [9.17, 15) is 4.79 Å². The third kappa shape index (κ3) is 2.52. The SMILES string of the molecule is CC1C(C(=O)Nc2ccccc2)CC2CCCCN21. The van der Waals surface area contributed by atoms with Crippen molar-refractivity contribution in [1.82, 2.24) is 4.90 Å². The lowest BCUT2D eigenvalue weighted by Gasteiger charge is -2.32. The highest BCUT2D eigenvalue weighted by molar-refractivity contribution is 5.93. The highest BCUT2D eigenvalue weighted by Crippen LogP contribution is 2.36. The fourth-order valence-electron chi connectivity index (χ4n) is 3.62. The Balaban J connectivity index is 1.67. The summed E-state index contributed by atoms with van der Waals surface area (Å²) in [5.74, 6) is 0.330. The number of carbonyl (C=O) groups is 1. The van der Waals surface area contributed by atoms with Gasteiger partial charge in [-0.1, -0.05) is 24.6 Å². The molecule has 1 N–H and O–H groups in total. The predicted molar refractivity (Wildman–Crippen MR) is 77.0 cm³/mol. The van der Waals surface area contributed by atoms with Gasteiger partial charge in [-0.2, -0.15) is 0 Å². The standard InChI is InChI=1S/C16H22N2O/c1-12-15(11-14-9-5-6-10-18(12)14)16(19)17-13-7-3-2-4-8-13/h2-4,7-8,12,14-15H,5-6,9-11H2,1H3,(H,17,19). The van der Waals surface area contributed by atoms with Crippen molar-refractivity contribution in [2.75, 3.05) is 11.9 Å². The van der Waals surface area contributed by atoms with E-state index in [1.165, 1.54) is 25.8 Å². The van der Waals surface area contributed by atoms with Gasteiger partial charge >= 0.3 is 0 Å². The number of para-hydroxylation sites is 1. The summed E-state index contributed by atoms with van der Waals surface area (Å²) in [5.41, 5.74) is 0.907. The van der Waals surface area contributed by atoms with Crippen molar-refractivity contribution >= 4 is 11.6 Å². The summed E-state index contributed by atoms with van der Waals surface area (Å²) in [7, 11) is 0. The molecule has 2 fully saturated rings. The summed E-state index contributed by atoms with van der Waals surface area (Å²) in [4.78, 5) is 15.0. The number of anilines is 1. The van der Waals surface area contributed by atoms with E-state index in [1.807, 2.05) is 30.3 Å². The largest absolute Gasteiger partial charge is 0.326 e. The third-order valence-corrected chi connectivity index (χ3v) is 4.68. The Labute approximate surface area is 115 Å². The molecule has 3 heteroatoms. The van der Waals surface area contributed by atoms with Crippen LogP contribution in [-0.2, 0) is 4.79 Å². The number of benzene rings is 1. The monoisotopic (exact) mass is 258 g/mol. The molecule has 102 valence electrons. The summed E-state index contributed by atoms with van der Waals surface area (Å²) >= 11 is 0. The molecule has 1 amide bonds. The minimum atomic E-state index is 0.142. The van der Waals surface area contributed by atoms with Crippen LogP contribution in [0.5, 0.6) is 0 Å². The second kappa shape index (κ2) is 5.33.